The number of hydrogen-bond donors (Lipinski definition) is 0. The number of aromatic nitrogens is 4. The molecule has 0 N–H and O–H groups in total. The van der Waals surface area contributed by atoms with E-state index in [2.05, 4.69) is 14.8 Å². The Hall–Kier alpha value is -2.54. The molecule has 0 fully saturated rings. The van der Waals surface area contributed by atoms with Gasteiger partial charge in [-0.25, -0.2) is 0 Å². The van der Waals surface area contributed by atoms with Gasteiger partial charge in [0.2, 0.25) is 0 Å². The lowest BCUT2D eigenvalue weighted by Gasteiger charge is -2.11. The maximum Gasteiger partial charge on any atom is 0.191 e. The number of carbonyl (C=O) groups is 1. The number of halogens is 2. The van der Waals surface area contributed by atoms with Crippen LogP contribution in [0.4, 0.5) is 0 Å². The quantitative estimate of drug-likeness (QED) is 0.230. The van der Waals surface area contributed by atoms with E-state index in [-0.39, 0.29) is 11.5 Å². The van der Waals surface area contributed by atoms with Gasteiger partial charge in [0.15, 0.2) is 16.8 Å². The minimum absolute atomic E-state index is 0.0598. The number of nitrogens with zero attached hydrogens (tertiary/aromatic N) is 4. The molecule has 0 atom stereocenters. The molecule has 32 heavy (non-hydrogen) atoms. The van der Waals surface area contributed by atoms with Crippen molar-refractivity contribution in [3.05, 3.63) is 87.2 Å². The maximum atomic E-state index is 13.0. The van der Waals surface area contributed by atoms with Crippen molar-refractivity contribution in [3.8, 4) is 11.4 Å². The highest BCUT2D eigenvalue weighted by Gasteiger charge is 2.18. The van der Waals surface area contributed by atoms with Gasteiger partial charge in [0.1, 0.15) is 0 Å². The highest BCUT2D eigenvalue weighted by Crippen LogP contribution is 2.26. The third kappa shape index (κ3) is 4.63. The van der Waals surface area contributed by atoms with E-state index in [0.29, 0.717) is 16.7 Å². The summed E-state index contributed by atoms with van der Waals surface area (Å²) in [6.45, 7) is 4.61. The second-order valence-corrected chi connectivity index (χ2v) is 9.33. The summed E-state index contributed by atoms with van der Waals surface area (Å²) in [6, 6.07) is 17.2. The Morgan fingerprint density at radius 1 is 1.03 bits per heavy atom. The molecule has 0 spiro atoms. The fourth-order valence-corrected chi connectivity index (χ4v) is 4.74. The van der Waals surface area contributed by atoms with Crippen molar-refractivity contribution in [2.75, 3.05) is 5.75 Å². The molecule has 0 aliphatic rings. The summed E-state index contributed by atoms with van der Waals surface area (Å²) < 4.78 is 4.02. The van der Waals surface area contributed by atoms with Crippen LogP contribution in [0.15, 0.2) is 59.8 Å². The number of Topliss-reactive ketones (excluding diaryl/α,β-unsaturated/α-hetero) is 1. The second kappa shape index (κ2) is 9.53. The summed E-state index contributed by atoms with van der Waals surface area (Å²) in [5.74, 6) is 1.07. The van der Waals surface area contributed by atoms with Crippen LogP contribution in [0.1, 0.15) is 27.3 Å². The Labute approximate surface area is 201 Å². The molecule has 0 saturated heterocycles. The molecule has 0 bridgehead atoms. The molecule has 8 heteroatoms. The largest absolute Gasteiger partial charge is 0.344 e. The molecule has 4 rings (SSSR count). The average molecular weight is 485 g/mol. The predicted molar refractivity (Wildman–Crippen MR) is 131 cm³/mol. The number of rotatable bonds is 7. The maximum absolute atomic E-state index is 13.0. The number of hydrogen-bond acceptors (Lipinski definition) is 4. The van der Waals surface area contributed by atoms with Crippen LogP contribution in [0.2, 0.25) is 10.0 Å². The monoisotopic (exact) mass is 484 g/mol. The van der Waals surface area contributed by atoms with Crippen LogP contribution in [0.25, 0.3) is 11.4 Å². The molecule has 4 aromatic rings. The highest BCUT2D eigenvalue weighted by molar-refractivity contribution is 7.99. The van der Waals surface area contributed by atoms with Crippen molar-refractivity contribution in [1.29, 1.82) is 0 Å². The van der Waals surface area contributed by atoms with E-state index >= 15 is 0 Å². The molecule has 2 aromatic carbocycles. The minimum atomic E-state index is 0.0598. The molecule has 0 amide bonds. The Morgan fingerprint density at radius 3 is 2.47 bits per heavy atom. The van der Waals surface area contributed by atoms with Crippen molar-refractivity contribution in [3.63, 3.8) is 0 Å². The van der Waals surface area contributed by atoms with Crippen molar-refractivity contribution < 1.29 is 4.79 Å². The molecule has 5 nitrogen and oxygen atoms in total. The molecular weight excluding hydrogens is 463 g/mol. The first kappa shape index (κ1) is 22.6. The van der Waals surface area contributed by atoms with Gasteiger partial charge in [-0.3, -0.25) is 4.79 Å². The van der Waals surface area contributed by atoms with Gasteiger partial charge in [0, 0.05) is 46.2 Å². The van der Waals surface area contributed by atoms with Gasteiger partial charge in [-0.1, -0.05) is 53.2 Å². The molecule has 0 aliphatic heterocycles. The van der Waals surface area contributed by atoms with Crippen LogP contribution in [-0.4, -0.2) is 30.9 Å². The Bertz CT molecular complexity index is 1280. The first-order valence-electron chi connectivity index (χ1n) is 10.1. The molecule has 2 heterocycles. The lowest BCUT2D eigenvalue weighted by Crippen LogP contribution is -2.08. The standard InChI is InChI=1S/C24H22Cl2N4OS/c1-15-12-20(16(2)30(15)13-18-6-4-5-7-21(18)26)22(31)14-32-24-28-27-23(29(24)3)17-8-10-19(25)11-9-17/h4-12H,13-14H2,1-3H3. The third-order valence-electron chi connectivity index (χ3n) is 5.43. The van der Waals surface area contributed by atoms with E-state index in [1.54, 1.807) is 0 Å². The SMILES string of the molecule is Cc1cc(C(=O)CSc2nnc(-c3ccc(Cl)cc3)n2C)c(C)n1Cc1ccccc1Cl. The number of carbonyl (C=O) groups excluding carboxylic acids is 1. The van der Waals surface area contributed by atoms with Gasteiger partial charge in [-0.15, -0.1) is 10.2 Å². The van der Waals surface area contributed by atoms with E-state index in [9.17, 15) is 4.79 Å². The smallest absolute Gasteiger partial charge is 0.191 e. The summed E-state index contributed by atoms with van der Waals surface area (Å²) in [5, 5.41) is 10.6. The van der Waals surface area contributed by atoms with Crippen LogP contribution in [0.3, 0.4) is 0 Å². The van der Waals surface area contributed by atoms with E-state index < -0.39 is 0 Å². The molecule has 0 saturated carbocycles. The van der Waals surface area contributed by atoms with Crippen LogP contribution in [-0.2, 0) is 13.6 Å². The predicted octanol–water partition coefficient (Wildman–Crippen LogP) is 6.23. The van der Waals surface area contributed by atoms with Crippen LogP contribution >= 0.6 is 35.0 Å². The van der Waals surface area contributed by atoms with E-state index in [4.69, 9.17) is 23.2 Å². The van der Waals surface area contributed by atoms with Gasteiger partial charge < -0.3 is 9.13 Å². The number of ketones is 1. The molecule has 0 aliphatic carbocycles. The second-order valence-electron chi connectivity index (χ2n) is 7.55. The molecule has 0 unspecified atom stereocenters. The molecule has 0 radical (unpaired) electrons. The zero-order valence-electron chi connectivity index (χ0n) is 18.0. The average Bonchev–Trinajstić information content (AvgIpc) is 3.28. The van der Waals surface area contributed by atoms with Crippen molar-refractivity contribution in [1.82, 2.24) is 19.3 Å². The first-order chi connectivity index (χ1) is 15.3. The number of thioether (sulfide) groups is 1. The summed E-state index contributed by atoms with van der Waals surface area (Å²) in [6.07, 6.45) is 0. The Balaban J connectivity index is 1.48. The Kier molecular flexibility index (Phi) is 6.74. The third-order valence-corrected chi connectivity index (χ3v) is 7.07. The van der Waals surface area contributed by atoms with E-state index in [0.717, 1.165) is 38.9 Å². The lowest BCUT2D eigenvalue weighted by atomic mass is 10.2. The number of aryl methyl sites for hydroxylation is 1. The normalized spacial score (nSPS) is 11.2. The number of benzene rings is 2. The van der Waals surface area contributed by atoms with Gasteiger partial charge in [0.25, 0.3) is 0 Å². The van der Waals surface area contributed by atoms with Gasteiger partial charge in [0.05, 0.1) is 5.75 Å². The summed E-state index contributed by atoms with van der Waals surface area (Å²) in [7, 11) is 1.90. The topological polar surface area (TPSA) is 52.7 Å². The fraction of sp³-hybridized carbons (Fsp3) is 0.208. The van der Waals surface area contributed by atoms with Crippen molar-refractivity contribution >= 4 is 40.7 Å². The van der Waals surface area contributed by atoms with Crippen LogP contribution < -0.4 is 0 Å². The zero-order chi connectivity index (χ0) is 22.8. The van der Waals surface area contributed by atoms with E-state index in [1.807, 2.05) is 80.1 Å². The van der Waals surface area contributed by atoms with Gasteiger partial charge in [-0.2, -0.15) is 0 Å². The zero-order valence-corrected chi connectivity index (χ0v) is 20.3. The van der Waals surface area contributed by atoms with Crippen molar-refractivity contribution in [2.45, 2.75) is 25.5 Å². The minimum Gasteiger partial charge on any atom is -0.344 e. The fourth-order valence-electron chi connectivity index (χ4n) is 3.62. The Morgan fingerprint density at radius 2 is 1.75 bits per heavy atom. The van der Waals surface area contributed by atoms with Crippen molar-refractivity contribution in [2.24, 2.45) is 7.05 Å². The highest BCUT2D eigenvalue weighted by atomic mass is 35.5. The van der Waals surface area contributed by atoms with E-state index in [1.165, 1.54) is 11.8 Å². The lowest BCUT2D eigenvalue weighted by molar-refractivity contribution is 0.102. The first-order valence-corrected chi connectivity index (χ1v) is 11.8. The summed E-state index contributed by atoms with van der Waals surface area (Å²) >= 11 is 13.7. The summed E-state index contributed by atoms with van der Waals surface area (Å²) in [5.41, 5.74) is 4.64. The van der Waals surface area contributed by atoms with Crippen LogP contribution in [0, 0.1) is 13.8 Å². The summed E-state index contributed by atoms with van der Waals surface area (Å²) in [4.78, 5) is 13.0. The molecule has 2 aromatic heterocycles. The molecule has 164 valence electrons. The van der Waals surface area contributed by atoms with Crippen LogP contribution in [0.5, 0.6) is 0 Å². The van der Waals surface area contributed by atoms with Gasteiger partial charge >= 0.3 is 0 Å². The van der Waals surface area contributed by atoms with Gasteiger partial charge in [-0.05, 0) is 55.8 Å². The molecular formula is C24H22Cl2N4OS.